The van der Waals surface area contributed by atoms with Crippen molar-refractivity contribution in [3.05, 3.63) is 47.2 Å². The van der Waals surface area contributed by atoms with E-state index in [1.165, 1.54) is 32.1 Å². The molecule has 3 rings (SSSR count). The highest BCUT2D eigenvalue weighted by Gasteiger charge is 2.21. The number of carboxylic acid groups (broad SMARTS) is 1. The van der Waals surface area contributed by atoms with E-state index >= 15 is 0 Å². The van der Waals surface area contributed by atoms with Crippen LogP contribution in [0.1, 0.15) is 53.7 Å². The standard InChI is InChI=1S/C20H22N2O2/c1-14-18(20(23)24)11-19(17-9-5-8-16(10-17)12-21)22(14)13-15-6-3-2-4-7-15/h5,8-11,15H,2-4,6-7,13H2,1H3,(H,23,24). The molecule has 2 aromatic rings. The summed E-state index contributed by atoms with van der Waals surface area (Å²) in [5.41, 5.74) is 3.54. The zero-order valence-electron chi connectivity index (χ0n) is 14.0. The molecule has 4 nitrogen and oxygen atoms in total. The van der Waals surface area contributed by atoms with E-state index < -0.39 is 5.97 Å². The zero-order chi connectivity index (χ0) is 17.1. The van der Waals surface area contributed by atoms with Crippen molar-refractivity contribution < 1.29 is 9.90 Å². The molecule has 1 saturated carbocycles. The van der Waals surface area contributed by atoms with E-state index in [4.69, 9.17) is 5.26 Å². The normalized spacial score (nSPS) is 15.2. The van der Waals surface area contributed by atoms with Gasteiger partial charge in [0.2, 0.25) is 0 Å². The van der Waals surface area contributed by atoms with Crippen molar-refractivity contribution in [2.24, 2.45) is 5.92 Å². The van der Waals surface area contributed by atoms with E-state index in [0.717, 1.165) is 23.5 Å². The van der Waals surface area contributed by atoms with Crippen molar-refractivity contribution in [1.29, 1.82) is 5.26 Å². The molecular weight excluding hydrogens is 300 g/mol. The van der Waals surface area contributed by atoms with Crippen molar-refractivity contribution >= 4 is 5.97 Å². The molecule has 1 N–H and O–H groups in total. The van der Waals surface area contributed by atoms with Gasteiger partial charge in [-0.2, -0.15) is 5.26 Å². The van der Waals surface area contributed by atoms with Gasteiger partial charge in [-0.05, 0) is 49.4 Å². The lowest BCUT2D eigenvalue weighted by molar-refractivity contribution is 0.0696. The number of benzene rings is 1. The molecule has 1 heterocycles. The Bertz CT molecular complexity index is 792. The fourth-order valence-electron chi connectivity index (χ4n) is 3.71. The average molecular weight is 322 g/mol. The SMILES string of the molecule is Cc1c(C(=O)O)cc(-c2cccc(C#N)c2)n1CC1CCCCC1. The quantitative estimate of drug-likeness (QED) is 0.893. The van der Waals surface area contributed by atoms with Gasteiger partial charge < -0.3 is 9.67 Å². The number of aromatic carboxylic acids is 1. The second kappa shape index (κ2) is 6.92. The van der Waals surface area contributed by atoms with Crippen molar-refractivity contribution in [1.82, 2.24) is 4.57 Å². The van der Waals surface area contributed by atoms with E-state index in [-0.39, 0.29) is 0 Å². The predicted molar refractivity (Wildman–Crippen MR) is 92.9 cm³/mol. The Labute approximate surface area is 142 Å². The number of carboxylic acids is 1. The summed E-state index contributed by atoms with van der Waals surface area (Å²) in [6, 6.07) is 11.3. The number of nitrogens with zero attached hydrogens (tertiary/aromatic N) is 2. The lowest BCUT2D eigenvalue weighted by Crippen LogP contribution is -2.16. The Morgan fingerprint density at radius 2 is 2.04 bits per heavy atom. The number of rotatable bonds is 4. The van der Waals surface area contributed by atoms with Gasteiger partial charge >= 0.3 is 5.97 Å². The lowest BCUT2D eigenvalue weighted by Gasteiger charge is -2.24. The summed E-state index contributed by atoms with van der Waals surface area (Å²) in [5, 5.41) is 18.6. The summed E-state index contributed by atoms with van der Waals surface area (Å²) in [6.07, 6.45) is 6.24. The highest BCUT2D eigenvalue weighted by Crippen LogP contribution is 2.31. The van der Waals surface area contributed by atoms with Crippen molar-refractivity contribution in [2.45, 2.75) is 45.6 Å². The molecule has 0 atom stereocenters. The van der Waals surface area contributed by atoms with Crippen molar-refractivity contribution in [3.8, 4) is 17.3 Å². The molecule has 1 fully saturated rings. The minimum absolute atomic E-state index is 0.350. The van der Waals surface area contributed by atoms with Gasteiger partial charge in [0.1, 0.15) is 0 Å². The van der Waals surface area contributed by atoms with Crippen LogP contribution in [0.25, 0.3) is 11.3 Å². The highest BCUT2D eigenvalue weighted by molar-refractivity contribution is 5.91. The van der Waals surface area contributed by atoms with Gasteiger partial charge in [0, 0.05) is 17.9 Å². The molecule has 0 radical (unpaired) electrons. The first kappa shape index (κ1) is 16.3. The topological polar surface area (TPSA) is 66.0 Å². The number of nitriles is 1. The Balaban J connectivity index is 2.04. The zero-order valence-corrected chi connectivity index (χ0v) is 14.0. The van der Waals surface area contributed by atoms with Crippen LogP contribution in [0.15, 0.2) is 30.3 Å². The molecule has 1 aliphatic carbocycles. The van der Waals surface area contributed by atoms with E-state index in [9.17, 15) is 9.90 Å². The van der Waals surface area contributed by atoms with Gasteiger partial charge in [-0.15, -0.1) is 0 Å². The number of hydrogen-bond donors (Lipinski definition) is 1. The molecule has 1 aliphatic rings. The molecular formula is C20H22N2O2. The van der Waals surface area contributed by atoms with Crippen LogP contribution in [0.5, 0.6) is 0 Å². The van der Waals surface area contributed by atoms with Crippen molar-refractivity contribution in [2.75, 3.05) is 0 Å². The minimum Gasteiger partial charge on any atom is -0.478 e. The molecule has 0 amide bonds. The Morgan fingerprint density at radius 3 is 2.71 bits per heavy atom. The summed E-state index contributed by atoms with van der Waals surface area (Å²) in [6.45, 7) is 2.73. The summed E-state index contributed by atoms with van der Waals surface area (Å²) < 4.78 is 2.13. The minimum atomic E-state index is -0.896. The van der Waals surface area contributed by atoms with E-state index in [2.05, 4.69) is 10.6 Å². The van der Waals surface area contributed by atoms with Crippen LogP contribution in [0.3, 0.4) is 0 Å². The second-order valence-corrected chi connectivity index (χ2v) is 6.64. The monoisotopic (exact) mass is 322 g/mol. The molecule has 1 aromatic heterocycles. The summed E-state index contributed by atoms with van der Waals surface area (Å²) in [4.78, 5) is 11.6. The van der Waals surface area contributed by atoms with Crippen LogP contribution in [0, 0.1) is 24.2 Å². The number of aromatic nitrogens is 1. The van der Waals surface area contributed by atoms with Crippen LogP contribution in [0.4, 0.5) is 0 Å². The first-order chi connectivity index (χ1) is 11.6. The highest BCUT2D eigenvalue weighted by atomic mass is 16.4. The van der Waals surface area contributed by atoms with Crippen molar-refractivity contribution in [3.63, 3.8) is 0 Å². The lowest BCUT2D eigenvalue weighted by atomic mass is 9.89. The van der Waals surface area contributed by atoms with Gasteiger partial charge in [-0.25, -0.2) is 4.79 Å². The second-order valence-electron chi connectivity index (χ2n) is 6.64. The Morgan fingerprint density at radius 1 is 1.29 bits per heavy atom. The molecule has 0 unspecified atom stereocenters. The summed E-state index contributed by atoms with van der Waals surface area (Å²) in [5.74, 6) is -0.294. The average Bonchev–Trinajstić information content (AvgIpc) is 2.93. The summed E-state index contributed by atoms with van der Waals surface area (Å²) >= 11 is 0. The van der Waals surface area contributed by atoms with Gasteiger partial charge in [-0.3, -0.25) is 0 Å². The molecule has 0 spiro atoms. The maximum atomic E-state index is 11.6. The molecule has 24 heavy (non-hydrogen) atoms. The number of hydrogen-bond acceptors (Lipinski definition) is 2. The van der Waals surface area contributed by atoms with Crippen LogP contribution in [-0.2, 0) is 6.54 Å². The molecule has 4 heteroatoms. The fraction of sp³-hybridized carbons (Fsp3) is 0.400. The van der Waals surface area contributed by atoms with Crippen LogP contribution < -0.4 is 0 Å². The molecule has 0 aliphatic heterocycles. The fourth-order valence-corrected chi connectivity index (χ4v) is 3.71. The third kappa shape index (κ3) is 3.21. The third-order valence-electron chi connectivity index (χ3n) is 5.05. The van der Waals surface area contributed by atoms with E-state index in [0.29, 0.717) is 17.0 Å². The van der Waals surface area contributed by atoms with Gasteiger partial charge in [0.25, 0.3) is 0 Å². The third-order valence-corrected chi connectivity index (χ3v) is 5.05. The first-order valence-corrected chi connectivity index (χ1v) is 8.54. The van der Waals surface area contributed by atoms with E-state index in [1.807, 2.05) is 25.1 Å². The maximum absolute atomic E-state index is 11.6. The summed E-state index contributed by atoms with van der Waals surface area (Å²) in [7, 11) is 0. The molecule has 1 aromatic carbocycles. The Hall–Kier alpha value is -2.54. The smallest absolute Gasteiger partial charge is 0.337 e. The Kier molecular flexibility index (Phi) is 4.71. The largest absolute Gasteiger partial charge is 0.478 e. The van der Waals surface area contributed by atoms with E-state index in [1.54, 1.807) is 12.1 Å². The van der Waals surface area contributed by atoms with Crippen LogP contribution in [0.2, 0.25) is 0 Å². The molecule has 0 bridgehead atoms. The van der Waals surface area contributed by atoms with Gasteiger partial charge in [0.15, 0.2) is 0 Å². The van der Waals surface area contributed by atoms with Crippen LogP contribution >= 0.6 is 0 Å². The first-order valence-electron chi connectivity index (χ1n) is 8.54. The molecule has 0 saturated heterocycles. The van der Waals surface area contributed by atoms with Gasteiger partial charge in [0.05, 0.1) is 17.2 Å². The number of carbonyl (C=O) groups is 1. The predicted octanol–water partition coefficient (Wildman–Crippen LogP) is 4.61. The van der Waals surface area contributed by atoms with Crippen LogP contribution in [-0.4, -0.2) is 15.6 Å². The maximum Gasteiger partial charge on any atom is 0.337 e. The molecule has 124 valence electrons. The van der Waals surface area contributed by atoms with Gasteiger partial charge in [-0.1, -0.05) is 31.4 Å².